The van der Waals surface area contributed by atoms with Crippen LogP contribution in [0.5, 0.6) is 0 Å². The quantitative estimate of drug-likeness (QED) is 0.840. The molecule has 1 aliphatic heterocycles. The number of nitrogens with one attached hydrogen (secondary N) is 1. The van der Waals surface area contributed by atoms with Crippen molar-refractivity contribution in [1.29, 1.82) is 0 Å². The number of rotatable bonds is 5. The first-order chi connectivity index (χ1) is 11.6. The molecule has 5 aliphatic rings. The van der Waals surface area contributed by atoms with Crippen LogP contribution >= 0.6 is 0 Å². The van der Waals surface area contributed by atoms with Crippen molar-refractivity contribution in [2.75, 3.05) is 32.8 Å². The first kappa shape index (κ1) is 16.8. The Bertz CT molecular complexity index is 435. The third-order valence-electron chi connectivity index (χ3n) is 7.28. The summed E-state index contributed by atoms with van der Waals surface area (Å²) in [5.41, 5.74) is -0.0126. The molecule has 0 aromatic carbocycles. The van der Waals surface area contributed by atoms with Crippen LogP contribution in [0.15, 0.2) is 0 Å². The molecule has 24 heavy (non-hydrogen) atoms. The molecule has 0 aromatic heterocycles. The zero-order valence-electron chi connectivity index (χ0n) is 15.4. The molecular formula is C20H34N2O2. The Balaban J connectivity index is 1.38. The summed E-state index contributed by atoms with van der Waals surface area (Å²) in [7, 11) is 0. The molecule has 0 aromatic rings. The molecule has 1 N–H and O–H groups in total. The highest BCUT2D eigenvalue weighted by atomic mass is 16.5. The maximum Gasteiger partial charge on any atom is 0.226 e. The number of nitrogens with zero attached hydrogens (tertiary/aromatic N) is 1. The predicted molar refractivity (Wildman–Crippen MR) is 94.6 cm³/mol. The molecule has 136 valence electrons. The lowest BCUT2D eigenvalue weighted by Gasteiger charge is -2.55. The normalized spacial score (nSPS) is 40.0. The molecule has 1 unspecified atom stereocenters. The van der Waals surface area contributed by atoms with Crippen LogP contribution in [0.3, 0.4) is 0 Å². The van der Waals surface area contributed by atoms with Crippen molar-refractivity contribution in [1.82, 2.24) is 10.2 Å². The lowest BCUT2D eigenvalue weighted by molar-refractivity contribution is -0.146. The molecule has 1 atom stereocenters. The van der Waals surface area contributed by atoms with E-state index in [1.807, 2.05) is 0 Å². The van der Waals surface area contributed by atoms with Gasteiger partial charge in [0.25, 0.3) is 0 Å². The molecule has 4 bridgehead atoms. The molecule has 4 aliphatic carbocycles. The van der Waals surface area contributed by atoms with E-state index in [0.717, 1.165) is 69.9 Å². The number of ether oxygens (including phenoxy) is 1. The SMILES string of the molecule is CC(C)C(CNC(=O)C12CC3CC(CC(C3)C1)C2)N1CCOCC1. The van der Waals surface area contributed by atoms with Gasteiger partial charge in [0.05, 0.1) is 13.2 Å². The third-order valence-corrected chi connectivity index (χ3v) is 7.28. The number of hydrogen-bond donors (Lipinski definition) is 1. The minimum absolute atomic E-state index is 0.0126. The lowest BCUT2D eigenvalue weighted by atomic mass is 9.49. The Kier molecular flexibility index (Phi) is 4.63. The van der Waals surface area contributed by atoms with Crippen LogP contribution in [0, 0.1) is 29.1 Å². The van der Waals surface area contributed by atoms with Crippen LogP contribution < -0.4 is 5.32 Å². The smallest absolute Gasteiger partial charge is 0.226 e. The van der Waals surface area contributed by atoms with Gasteiger partial charge in [-0.3, -0.25) is 9.69 Å². The number of hydrogen-bond acceptors (Lipinski definition) is 3. The van der Waals surface area contributed by atoms with E-state index >= 15 is 0 Å². The van der Waals surface area contributed by atoms with Gasteiger partial charge in [-0.05, 0) is 62.2 Å². The van der Waals surface area contributed by atoms with E-state index in [2.05, 4.69) is 24.1 Å². The van der Waals surface area contributed by atoms with E-state index in [0.29, 0.717) is 17.9 Å². The summed E-state index contributed by atoms with van der Waals surface area (Å²) in [5, 5.41) is 3.40. The van der Waals surface area contributed by atoms with Gasteiger partial charge in [0.2, 0.25) is 5.91 Å². The van der Waals surface area contributed by atoms with Gasteiger partial charge in [0.1, 0.15) is 0 Å². The minimum Gasteiger partial charge on any atom is -0.379 e. The van der Waals surface area contributed by atoms with Crippen molar-refractivity contribution in [3.05, 3.63) is 0 Å². The summed E-state index contributed by atoms with van der Waals surface area (Å²) in [6.07, 6.45) is 7.68. The maximum absolute atomic E-state index is 13.2. The van der Waals surface area contributed by atoms with Gasteiger partial charge in [-0.15, -0.1) is 0 Å². The highest BCUT2D eigenvalue weighted by Gasteiger charge is 2.54. The molecular weight excluding hydrogens is 300 g/mol. The fourth-order valence-corrected chi connectivity index (χ4v) is 6.47. The summed E-state index contributed by atoms with van der Waals surface area (Å²) in [6, 6.07) is 0.437. The van der Waals surface area contributed by atoms with Gasteiger partial charge in [-0.2, -0.15) is 0 Å². The first-order valence-corrected chi connectivity index (χ1v) is 10.2. The van der Waals surface area contributed by atoms with Gasteiger partial charge >= 0.3 is 0 Å². The van der Waals surface area contributed by atoms with Crippen LogP contribution in [-0.2, 0) is 9.53 Å². The van der Waals surface area contributed by atoms with Gasteiger partial charge in [-0.25, -0.2) is 0 Å². The van der Waals surface area contributed by atoms with E-state index in [4.69, 9.17) is 4.74 Å². The molecule has 0 radical (unpaired) electrons. The molecule has 1 heterocycles. The van der Waals surface area contributed by atoms with Crippen molar-refractivity contribution in [2.45, 2.75) is 58.4 Å². The molecule has 1 amide bonds. The summed E-state index contributed by atoms with van der Waals surface area (Å²) < 4.78 is 5.49. The Morgan fingerprint density at radius 2 is 1.62 bits per heavy atom. The lowest BCUT2D eigenvalue weighted by Crippen LogP contribution is -2.56. The van der Waals surface area contributed by atoms with Crippen LogP contribution in [0.25, 0.3) is 0 Å². The molecule has 5 fully saturated rings. The van der Waals surface area contributed by atoms with Crippen molar-refractivity contribution >= 4 is 5.91 Å². The monoisotopic (exact) mass is 334 g/mol. The Hall–Kier alpha value is -0.610. The van der Waals surface area contributed by atoms with Crippen LogP contribution in [0.4, 0.5) is 0 Å². The molecule has 1 saturated heterocycles. The van der Waals surface area contributed by atoms with Crippen molar-refractivity contribution in [2.24, 2.45) is 29.1 Å². The van der Waals surface area contributed by atoms with E-state index in [9.17, 15) is 4.79 Å². The Labute approximate surface area is 146 Å². The summed E-state index contributed by atoms with van der Waals surface area (Å²) in [5.74, 6) is 3.44. The molecule has 0 spiro atoms. The van der Waals surface area contributed by atoms with E-state index in [-0.39, 0.29) is 5.41 Å². The summed E-state index contributed by atoms with van der Waals surface area (Å²) in [4.78, 5) is 15.7. The molecule has 4 nitrogen and oxygen atoms in total. The summed E-state index contributed by atoms with van der Waals surface area (Å²) >= 11 is 0. The van der Waals surface area contributed by atoms with Gasteiger partial charge in [0, 0.05) is 31.1 Å². The second-order valence-electron chi connectivity index (χ2n) is 9.37. The predicted octanol–water partition coefficient (Wildman–Crippen LogP) is 2.68. The van der Waals surface area contributed by atoms with Crippen molar-refractivity contribution < 1.29 is 9.53 Å². The Morgan fingerprint density at radius 1 is 1.08 bits per heavy atom. The average Bonchev–Trinajstić information content (AvgIpc) is 2.54. The van der Waals surface area contributed by atoms with Crippen LogP contribution in [0.2, 0.25) is 0 Å². The number of amides is 1. The zero-order chi connectivity index (χ0) is 16.7. The van der Waals surface area contributed by atoms with Crippen molar-refractivity contribution in [3.8, 4) is 0 Å². The largest absolute Gasteiger partial charge is 0.379 e. The maximum atomic E-state index is 13.2. The summed E-state index contributed by atoms with van der Waals surface area (Å²) in [6.45, 7) is 9.00. The second-order valence-corrected chi connectivity index (χ2v) is 9.37. The highest BCUT2D eigenvalue weighted by molar-refractivity contribution is 5.83. The van der Waals surface area contributed by atoms with E-state index < -0.39 is 0 Å². The average molecular weight is 335 g/mol. The van der Waals surface area contributed by atoms with Gasteiger partial charge in [-0.1, -0.05) is 13.8 Å². The topological polar surface area (TPSA) is 41.6 Å². The molecule has 5 rings (SSSR count). The number of morpholine rings is 1. The fraction of sp³-hybridized carbons (Fsp3) is 0.950. The first-order valence-electron chi connectivity index (χ1n) is 10.2. The third kappa shape index (κ3) is 3.12. The second kappa shape index (κ2) is 6.60. The minimum atomic E-state index is -0.0126. The molecule has 4 heteroatoms. The van der Waals surface area contributed by atoms with E-state index in [1.165, 1.54) is 19.3 Å². The van der Waals surface area contributed by atoms with Gasteiger partial charge in [0.15, 0.2) is 0 Å². The number of carbonyl (C=O) groups excluding carboxylic acids is 1. The van der Waals surface area contributed by atoms with Crippen LogP contribution in [0.1, 0.15) is 52.4 Å². The van der Waals surface area contributed by atoms with Crippen LogP contribution in [-0.4, -0.2) is 49.7 Å². The zero-order valence-corrected chi connectivity index (χ0v) is 15.4. The Morgan fingerprint density at radius 3 is 2.12 bits per heavy atom. The highest BCUT2D eigenvalue weighted by Crippen LogP contribution is 2.60. The number of carbonyl (C=O) groups is 1. The molecule has 4 saturated carbocycles. The van der Waals surface area contributed by atoms with E-state index in [1.54, 1.807) is 0 Å². The van der Waals surface area contributed by atoms with Crippen molar-refractivity contribution in [3.63, 3.8) is 0 Å². The standard InChI is InChI=1S/C20H34N2O2/c1-14(2)18(22-3-5-24-6-4-22)13-21-19(23)20-10-15-7-16(11-20)9-17(8-15)12-20/h14-18H,3-13H2,1-2H3,(H,21,23). The fourth-order valence-electron chi connectivity index (χ4n) is 6.47. The van der Waals surface area contributed by atoms with Gasteiger partial charge < -0.3 is 10.1 Å².